The van der Waals surface area contributed by atoms with Gasteiger partial charge >= 0.3 is 5.97 Å². The van der Waals surface area contributed by atoms with Crippen LogP contribution in [0.5, 0.6) is 0 Å². The molecular formula is C20H20N2O4. The number of amides is 1. The van der Waals surface area contributed by atoms with Gasteiger partial charge in [-0.3, -0.25) is 4.79 Å². The highest BCUT2D eigenvalue weighted by Gasteiger charge is 2.51. The second-order valence-corrected chi connectivity index (χ2v) is 7.31. The van der Waals surface area contributed by atoms with Gasteiger partial charge in [-0.1, -0.05) is 19.1 Å². The average molecular weight is 352 g/mol. The van der Waals surface area contributed by atoms with Gasteiger partial charge in [0.25, 0.3) is 5.91 Å². The minimum Gasteiger partial charge on any atom is -0.458 e. The van der Waals surface area contributed by atoms with E-state index in [2.05, 4.69) is 23.5 Å². The molecule has 6 heteroatoms. The van der Waals surface area contributed by atoms with Gasteiger partial charge in [-0.05, 0) is 42.1 Å². The normalized spacial score (nSPS) is 29.8. The van der Waals surface area contributed by atoms with Crippen LogP contribution in [0.2, 0.25) is 0 Å². The Kier molecular flexibility index (Phi) is 3.13. The Morgan fingerprint density at radius 2 is 2.23 bits per heavy atom. The topological polar surface area (TPSA) is 78.9 Å². The third-order valence-corrected chi connectivity index (χ3v) is 5.98. The average Bonchev–Trinajstić information content (AvgIpc) is 3.01. The van der Waals surface area contributed by atoms with E-state index in [1.807, 2.05) is 0 Å². The van der Waals surface area contributed by atoms with Crippen molar-refractivity contribution >= 4 is 11.9 Å². The Labute approximate surface area is 151 Å². The maximum absolute atomic E-state index is 13.1. The van der Waals surface area contributed by atoms with E-state index in [-0.39, 0.29) is 18.9 Å². The summed E-state index contributed by atoms with van der Waals surface area (Å²) in [6, 6.07) is 0. The number of allylic oxidation sites excluding steroid dienone is 6. The summed E-state index contributed by atoms with van der Waals surface area (Å²) in [7, 11) is 0. The summed E-state index contributed by atoms with van der Waals surface area (Å²) in [5.74, 6) is -0.822. The molecule has 2 N–H and O–H groups in total. The quantitative estimate of drug-likeness (QED) is 0.701. The molecule has 134 valence electrons. The van der Waals surface area contributed by atoms with Gasteiger partial charge in [-0.2, -0.15) is 0 Å². The number of carbonyl (C=O) groups is 2. The fraction of sp³-hybridized carbons (Fsp3) is 0.400. The zero-order valence-corrected chi connectivity index (χ0v) is 14.6. The van der Waals surface area contributed by atoms with Crippen LogP contribution in [-0.2, 0) is 14.3 Å². The Morgan fingerprint density at radius 1 is 1.38 bits per heavy atom. The van der Waals surface area contributed by atoms with Crippen LogP contribution in [0.3, 0.4) is 0 Å². The van der Waals surface area contributed by atoms with Crippen molar-refractivity contribution in [3.05, 3.63) is 57.6 Å². The summed E-state index contributed by atoms with van der Waals surface area (Å²) in [4.78, 5) is 27.0. The second kappa shape index (κ2) is 5.20. The lowest BCUT2D eigenvalue weighted by Gasteiger charge is -2.39. The van der Waals surface area contributed by atoms with Gasteiger partial charge in [0.2, 0.25) is 0 Å². The smallest absolute Gasteiger partial charge is 0.342 e. The van der Waals surface area contributed by atoms with Crippen LogP contribution in [-0.4, -0.2) is 40.6 Å². The number of carbonyl (C=O) groups excluding carboxylic acids is 2. The predicted molar refractivity (Wildman–Crippen MR) is 93.2 cm³/mol. The Balaban J connectivity index is 1.61. The Hall–Kier alpha value is -2.60. The summed E-state index contributed by atoms with van der Waals surface area (Å²) in [6.07, 6.45) is 8.94. The highest BCUT2D eigenvalue weighted by atomic mass is 16.6. The maximum Gasteiger partial charge on any atom is 0.342 e. The van der Waals surface area contributed by atoms with Crippen molar-refractivity contribution in [1.29, 1.82) is 0 Å². The third kappa shape index (κ3) is 1.90. The van der Waals surface area contributed by atoms with Crippen LogP contribution >= 0.6 is 0 Å². The molecule has 0 bridgehead atoms. The molecule has 0 aromatic heterocycles. The first-order valence-electron chi connectivity index (χ1n) is 9.07. The van der Waals surface area contributed by atoms with Crippen molar-refractivity contribution in [2.24, 2.45) is 0 Å². The minimum atomic E-state index is -1.71. The molecule has 26 heavy (non-hydrogen) atoms. The molecule has 6 nitrogen and oxygen atoms in total. The number of aliphatic hydroxyl groups is 1. The first kappa shape index (κ1) is 15.6. The lowest BCUT2D eigenvalue weighted by atomic mass is 9.80. The van der Waals surface area contributed by atoms with Crippen LogP contribution in [0.25, 0.3) is 0 Å². The van der Waals surface area contributed by atoms with E-state index >= 15 is 0 Å². The number of ether oxygens (including phenoxy) is 1. The van der Waals surface area contributed by atoms with Crippen molar-refractivity contribution in [1.82, 2.24) is 10.2 Å². The van der Waals surface area contributed by atoms with E-state index in [4.69, 9.17) is 4.74 Å². The lowest BCUT2D eigenvalue weighted by molar-refractivity contribution is -0.164. The van der Waals surface area contributed by atoms with E-state index < -0.39 is 11.6 Å². The highest BCUT2D eigenvalue weighted by Crippen LogP contribution is 2.45. The number of fused-ring (bicyclic) bond motifs is 2. The molecular weight excluding hydrogens is 332 g/mol. The molecule has 0 aromatic rings. The van der Waals surface area contributed by atoms with E-state index in [1.54, 1.807) is 11.8 Å². The van der Waals surface area contributed by atoms with Crippen molar-refractivity contribution in [2.45, 2.75) is 38.2 Å². The SMILES string of the molecule is CC[C@@]1(O)C(=O)OCC2=C1CC1=C3NC4=C(C=CCC4)C=C3CN1C2=O. The second-order valence-electron chi connectivity index (χ2n) is 7.31. The van der Waals surface area contributed by atoms with Crippen molar-refractivity contribution in [3.8, 4) is 0 Å². The Morgan fingerprint density at radius 3 is 3.04 bits per heavy atom. The zero-order chi connectivity index (χ0) is 18.1. The molecule has 0 aromatic carbocycles. The Bertz CT molecular complexity index is 918. The fourth-order valence-corrected chi connectivity index (χ4v) is 4.45. The van der Waals surface area contributed by atoms with Crippen molar-refractivity contribution < 1.29 is 19.4 Å². The number of dihydropyridines is 1. The molecule has 0 saturated heterocycles. The van der Waals surface area contributed by atoms with Gasteiger partial charge in [0, 0.05) is 17.8 Å². The van der Waals surface area contributed by atoms with Crippen LogP contribution in [0.15, 0.2) is 57.6 Å². The summed E-state index contributed by atoms with van der Waals surface area (Å²) in [6.45, 7) is 2.19. The molecule has 0 spiro atoms. The van der Waals surface area contributed by atoms with Crippen LogP contribution in [0.4, 0.5) is 0 Å². The number of cyclic esters (lactones) is 1. The number of nitrogens with zero attached hydrogens (tertiary/aromatic N) is 1. The van der Waals surface area contributed by atoms with Gasteiger partial charge in [-0.25, -0.2) is 4.79 Å². The number of hydrogen-bond acceptors (Lipinski definition) is 5. The number of rotatable bonds is 1. The first-order valence-corrected chi connectivity index (χ1v) is 9.07. The summed E-state index contributed by atoms with van der Waals surface area (Å²) in [5, 5.41) is 14.4. The molecule has 0 saturated carbocycles. The van der Waals surface area contributed by atoms with Gasteiger partial charge < -0.3 is 20.1 Å². The number of hydrogen-bond donors (Lipinski definition) is 2. The summed E-state index contributed by atoms with van der Waals surface area (Å²) >= 11 is 0. The molecule has 4 aliphatic heterocycles. The van der Waals surface area contributed by atoms with Crippen LogP contribution in [0, 0.1) is 0 Å². The first-order chi connectivity index (χ1) is 12.5. The van der Waals surface area contributed by atoms with E-state index in [9.17, 15) is 14.7 Å². The molecule has 0 unspecified atom stereocenters. The monoisotopic (exact) mass is 352 g/mol. The predicted octanol–water partition coefficient (Wildman–Crippen LogP) is 1.57. The van der Waals surface area contributed by atoms with E-state index in [0.29, 0.717) is 24.1 Å². The summed E-state index contributed by atoms with van der Waals surface area (Å²) in [5.41, 5.74) is 4.44. The standard InChI is InChI=1S/C20H20N2O4/c1-2-20(25)14-8-16-17-12(7-11-5-3-4-6-15(11)21-17)9-22(16)18(23)13(14)10-26-19(20)24/h3,5,7,21,25H,2,4,6,8-10H2,1H3/t20-/m0/s1. The fourth-order valence-electron chi connectivity index (χ4n) is 4.45. The maximum atomic E-state index is 13.1. The van der Waals surface area contributed by atoms with E-state index in [0.717, 1.165) is 29.8 Å². The largest absolute Gasteiger partial charge is 0.458 e. The zero-order valence-electron chi connectivity index (χ0n) is 14.6. The molecule has 5 rings (SSSR count). The number of nitrogens with one attached hydrogen (secondary N) is 1. The van der Waals surface area contributed by atoms with Gasteiger partial charge in [-0.15, -0.1) is 0 Å². The van der Waals surface area contributed by atoms with Gasteiger partial charge in [0.15, 0.2) is 5.60 Å². The van der Waals surface area contributed by atoms with Crippen molar-refractivity contribution in [2.75, 3.05) is 13.2 Å². The van der Waals surface area contributed by atoms with Gasteiger partial charge in [0.1, 0.15) is 6.61 Å². The van der Waals surface area contributed by atoms with E-state index in [1.165, 1.54) is 11.3 Å². The number of esters is 1. The molecule has 0 fully saturated rings. The minimum absolute atomic E-state index is 0.0572. The van der Waals surface area contributed by atoms with Gasteiger partial charge in [0.05, 0.1) is 17.8 Å². The molecule has 1 atom stereocenters. The van der Waals surface area contributed by atoms with Crippen molar-refractivity contribution in [3.63, 3.8) is 0 Å². The third-order valence-electron chi connectivity index (χ3n) is 5.98. The molecule has 4 heterocycles. The molecule has 1 amide bonds. The highest BCUT2D eigenvalue weighted by molar-refractivity contribution is 6.02. The molecule has 5 aliphatic rings. The molecule has 1 aliphatic carbocycles. The summed E-state index contributed by atoms with van der Waals surface area (Å²) < 4.78 is 5.11. The van der Waals surface area contributed by atoms with Crippen LogP contribution < -0.4 is 5.32 Å². The van der Waals surface area contributed by atoms with Crippen LogP contribution in [0.1, 0.15) is 32.6 Å². The molecule has 0 radical (unpaired) electrons. The lowest BCUT2D eigenvalue weighted by Crippen LogP contribution is -2.50.